The Morgan fingerprint density at radius 1 is 1.69 bits per heavy atom. The Hall–Kier alpha value is -1.11. The maximum atomic E-state index is 13.7. The van der Waals surface area contributed by atoms with Crippen LogP contribution in [0.25, 0.3) is 0 Å². The molecule has 0 radical (unpaired) electrons. The molecule has 0 N–H and O–H groups in total. The monoisotopic (exact) mass is 187 g/mol. The number of hydrogen-bond donors (Lipinski definition) is 0. The molecule has 0 aromatic rings. The molecule has 0 fully saturated rings. The second-order valence-corrected chi connectivity index (χ2v) is 2.85. The summed E-state index contributed by atoms with van der Waals surface area (Å²) in [6.07, 6.45) is 0.420. The number of halogens is 1. The Morgan fingerprint density at radius 3 is 2.54 bits per heavy atom. The summed E-state index contributed by atoms with van der Waals surface area (Å²) in [6.45, 7) is 4.89. The highest BCUT2D eigenvalue weighted by Gasteiger charge is 2.45. The Labute approximate surface area is 77.5 Å². The van der Waals surface area contributed by atoms with Crippen LogP contribution < -0.4 is 0 Å². The minimum atomic E-state index is -2.50. The van der Waals surface area contributed by atoms with E-state index in [1.54, 1.807) is 13.8 Å². The minimum absolute atomic E-state index is 0.0859. The van der Waals surface area contributed by atoms with E-state index in [4.69, 9.17) is 5.26 Å². The van der Waals surface area contributed by atoms with E-state index in [1.165, 1.54) is 13.0 Å². The molecular formula is C9H14FNO2. The maximum absolute atomic E-state index is 13.7. The van der Waals surface area contributed by atoms with E-state index in [2.05, 4.69) is 4.74 Å². The lowest BCUT2D eigenvalue weighted by Gasteiger charge is -2.21. The first-order chi connectivity index (χ1) is 6.02. The lowest BCUT2D eigenvalue weighted by atomic mass is 9.90. The van der Waals surface area contributed by atoms with E-state index < -0.39 is 17.6 Å². The van der Waals surface area contributed by atoms with Crippen molar-refractivity contribution in [2.45, 2.75) is 32.9 Å². The molecule has 0 bridgehead atoms. The quantitative estimate of drug-likeness (QED) is 0.631. The van der Waals surface area contributed by atoms with Crippen LogP contribution in [0.15, 0.2) is 0 Å². The summed E-state index contributed by atoms with van der Waals surface area (Å²) in [4.78, 5) is 11.1. The van der Waals surface area contributed by atoms with Crippen molar-refractivity contribution >= 4 is 5.97 Å². The van der Waals surface area contributed by atoms with Gasteiger partial charge in [-0.3, -0.25) is 0 Å². The van der Waals surface area contributed by atoms with E-state index >= 15 is 0 Å². The molecule has 2 atom stereocenters. The number of esters is 1. The molecule has 0 aliphatic heterocycles. The summed E-state index contributed by atoms with van der Waals surface area (Å²) in [6, 6.07) is 1.37. The van der Waals surface area contributed by atoms with Gasteiger partial charge in [0.05, 0.1) is 6.61 Å². The second-order valence-electron chi connectivity index (χ2n) is 2.85. The summed E-state index contributed by atoms with van der Waals surface area (Å²) in [5.41, 5.74) is -2.50. The third-order valence-electron chi connectivity index (χ3n) is 2.03. The van der Waals surface area contributed by atoms with Gasteiger partial charge in [-0.2, -0.15) is 5.26 Å². The lowest BCUT2D eigenvalue weighted by molar-refractivity contribution is -0.156. The fraction of sp³-hybridized carbons (Fsp3) is 0.778. The molecule has 0 saturated heterocycles. The zero-order valence-corrected chi connectivity index (χ0v) is 8.13. The third-order valence-corrected chi connectivity index (χ3v) is 2.03. The van der Waals surface area contributed by atoms with Crippen LogP contribution in [0.3, 0.4) is 0 Å². The predicted molar refractivity (Wildman–Crippen MR) is 45.5 cm³/mol. The molecule has 0 heterocycles. The van der Waals surface area contributed by atoms with Gasteiger partial charge < -0.3 is 4.74 Å². The van der Waals surface area contributed by atoms with Crippen LogP contribution in [0, 0.1) is 17.2 Å². The number of nitrogens with zero attached hydrogens (tertiary/aromatic N) is 1. The number of ether oxygens (including phenoxy) is 1. The molecule has 13 heavy (non-hydrogen) atoms. The normalized spacial score (nSPS) is 16.8. The van der Waals surface area contributed by atoms with Crippen molar-refractivity contribution in [2.24, 2.45) is 5.92 Å². The van der Waals surface area contributed by atoms with Crippen LogP contribution in [0.4, 0.5) is 4.39 Å². The number of carbonyl (C=O) groups is 1. The van der Waals surface area contributed by atoms with Gasteiger partial charge in [0.25, 0.3) is 5.67 Å². The SMILES string of the molecule is CCOC(=O)[C@](F)(C#N)[C@H](C)CC. The maximum Gasteiger partial charge on any atom is 0.359 e. The van der Waals surface area contributed by atoms with Crippen LogP contribution in [-0.4, -0.2) is 18.2 Å². The third kappa shape index (κ3) is 2.41. The molecule has 0 saturated carbocycles. The van der Waals surface area contributed by atoms with Gasteiger partial charge in [-0.05, 0) is 13.3 Å². The van der Waals surface area contributed by atoms with E-state index in [9.17, 15) is 9.18 Å². The highest BCUT2D eigenvalue weighted by molar-refractivity contribution is 5.83. The van der Waals surface area contributed by atoms with Gasteiger partial charge >= 0.3 is 5.97 Å². The fourth-order valence-electron chi connectivity index (χ4n) is 0.874. The molecule has 0 aromatic carbocycles. The highest BCUT2D eigenvalue weighted by Crippen LogP contribution is 2.25. The minimum Gasteiger partial charge on any atom is -0.463 e. The molecule has 0 aliphatic carbocycles. The van der Waals surface area contributed by atoms with Gasteiger partial charge in [-0.25, -0.2) is 9.18 Å². The van der Waals surface area contributed by atoms with E-state index in [0.29, 0.717) is 6.42 Å². The molecule has 4 heteroatoms. The molecule has 0 unspecified atom stereocenters. The second kappa shape index (κ2) is 4.80. The smallest absolute Gasteiger partial charge is 0.359 e. The van der Waals surface area contributed by atoms with Crippen LogP contribution in [0.2, 0.25) is 0 Å². The van der Waals surface area contributed by atoms with E-state index in [-0.39, 0.29) is 6.61 Å². The molecule has 0 amide bonds. The molecule has 0 rings (SSSR count). The van der Waals surface area contributed by atoms with Gasteiger partial charge in [0, 0.05) is 5.92 Å². The first-order valence-corrected chi connectivity index (χ1v) is 4.30. The van der Waals surface area contributed by atoms with Crippen LogP contribution in [0.5, 0.6) is 0 Å². The van der Waals surface area contributed by atoms with Gasteiger partial charge in [0.15, 0.2) is 0 Å². The number of rotatable bonds is 4. The standard InChI is InChI=1S/C9H14FNO2/c1-4-7(3)9(10,6-11)8(12)13-5-2/h7H,4-5H2,1-3H3/t7-,9+/m1/s1. The molecular weight excluding hydrogens is 173 g/mol. The van der Waals surface area contributed by atoms with Crippen LogP contribution in [-0.2, 0) is 9.53 Å². The summed E-state index contributed by atoms with van der Waals surface area (Å²) >= 11 is 0. The fourth-order valence-corrected chi connectivity index (χ4v) is 0.874. The number of alkyl halides is 1. The predicted octanol–water partition coefficient (Wildman–Crippen LogP) is 1.83. The lowest BCUT2D eigenvalue weighted by Crippen LogP contribution is -2.40. The van der Waals surface area contributed by atoms with Crippen molar-refractivity contribution in [1.82, 2.24) is 0 Å². The number of nitriles is 1. The largest absolute Gasteiger partial charge is 0.463 e. The number of hydrogen-bond acceptors (Lipinski definition) is 3. The van der Waals surface area contributed by atoms with E-state index in [0.717, 1.165) is 0 Å². The summed E-state index contributed by atoms with van der Waals surface area (Å²) in [5.74, 6) is -1.72. The molecule has 3 nitrogen and oxygen atoms in total. The van der Waals surface area contributed by atoms with Gasteiger partial charge in [-0.1, -0.05) is 13.8 Å². The van der Waals surface area contributed by atoms with Crippen molar-refractivity contribution in [3.63, 3.8) is 0 Å². The topological polar surface area (TPSA) is 50.1 Å². The Morgan fingerprint density at radius 2 is 2.23 bits per heavy atom. The van der Waals surface area contributed by atoms with Gasteiger partial charge in [0.2, 0.25) is 0 Å². The summed E-state index contributed by atoms with van der Waals surface area (Å²) < 4.78 is 18.1. The van der Waals surface area contributed by atoms with Crippen molar-refractivity contribution < 1.29 is 13.9 Å². The van der Waals surface area contributed by atoms with Crippen molar-refractivity contribution in [3.8, 4) is 6.07 Å². The Bertz CT molecular complexity index is 224. The molecule has 0 aliphatic rings. The Kier molecular flexibility index (Phi) is 4.39. The van der Waals surface area contributed by atoms with Crippen molar-refractivity contribution in [1.29, 1.82) is 5.26 Å². The Balaban J connectivity index is 4.64. The first kappa shape index (κ1) is 11.9. The zero-order chi connectivity index (χ0) is 10.5. The average Bonchev–Trinajstić information content (AvgIpc) is 2.15. The van der Waals surface area contributed by atoms with Crippen molar-refractivity contribution in [3.05, 3.63) is 0 Å². The zero-order valence-electron chi connectivity index (χ0n) is 8.13. The van der Waals surface area contributed by atoms with E-state index in [1.807, 2.05) is 0 Å². The number of carbonyl (C=O) groups excluding carboxylic acids is 1. The van der Waals surface area contributed by atoms with Gasteiger partial charge in [-0.15, -0.1) is 0 Å². The summed E-state index contributed by atoms with van der Waals surface area (Å²) in [5, 5.41) is 8.56. The molecule has 0 aromatic heterocycles. The first-order valence-electron chi connectivity index (χ1n) is 4.30. The van der Waals surface area contributed by atoms with Gasteiger partial charge in [0.1, 0.15) is 6.07 Å². The molecule has 74 valence electrons. The average molecular weight is 187 g/mol. The summed E-state index contributed by atoms with van der Waals surface area (Å²) in [7, 11) is 0. The van der Waals surface area contributed by atoms with Crippen LogP contribution in [0.1, 0.15) is 27.2 Å². The highest BCUT2D eigenvalue weighted by atomic mass is 19.1. The molecule has 0 spiro atoms. The van der Waals surface area contributed by atoms with Crippen LogP contribution >= 0.6 is 0 Å². The van der Waals surface area contributed by atoms with Crippen molar-refractivity contribution in [2.75, 3.05) is 6.61 Å².